The van der Waals surface area contributed by atoms with E-state index in [2.05, 4.69) is 10.6 Å². The molecule has 0 aromatic rings. The highest BCUT2D eigenvalue weighted by Gasteiger charge is 2.43. The lowest BCUT2D eigenvalue weighted by atomic mass is 9.97. The summed E-state index contributed by atoms with van der Waals surface area (Å²) in [5.74, 6) is -0.413. The van der Waals surface area contributed by atoms with Crippen molar-refractivity contribution in [3.05, 3.63) is 0 Å². The number of hydrogen-bond acceptors (Lipinski definition) is 4. The van der Waals surface area contributed by atoms with E-state index in [1.807, 2.05) is 0 Å². The van der Waals surface area contributed by atoms with Crippen LogP contribution in [0.3, 0.4) is 0 Å². The summed E-state index contributed by atoms with van der Waals surface area (Å²) in [6.45, 7) is 0.614. The van der Waals surface area contributed by atoms with E-state index in [0.717, 1.165) is 12.8 Å². The van der Waals surface area contributed by atoms with Gasteiger partial charge in [0.1, 0.15) is 5.54 Å². The van der Waals surface area contributed by atoms with E-state index in [-0.39, 0.29) is 24.3 Å². The number of carbonyl (C=O) groups excluding carboxylic acids is 2. The van der Waals surface area contributed by atoms with E-state index in [9.17, 15) is 9.59 Å². The average molecular weight is 265 g/mol. The van der Waals surface area contributed by atoms with Gasteiger partial charge in [0.05, 0.1) is 7.11 Å². The van der Waals surface area contributed by atoms with Crippen LogP contribution in [0.4, 0.5) is 0 Å². The van der Waals surface area contributed by atoms with Crippen molar-refractivity contribution in [2.75, 3.05) is 20.7 Å². The quantitative estimate of drug-likeness (QED) is 0.715. The first-order valence-corrected chi connectivity index (χ1v) is 5.68. The average Bonchev–Trinajstić information content (AvgIpc) is 2.75. The van der Waals surface area contributed by atoms with Gasteiger partial charge in [0.15, 0.2) is 0 Å². The summed E-state index contributed by atoms with van der Waals surface area (Å²) < 4.78 is 4.77. The summed E-state index contributed by atoms with van der Waals surface area (Å²) in [5.41, 5.74) is -0.764. The van der Waals surface area contributed by atoms with Crippen LogP contribution in [0.2, 0.25) is 0 Å². The van der Waals surface area contributed by atoms with Crippen molar-refractivity contribution in [3.63, 3.8) is 0 Å². The Morgan fingerprint density at radius 3 is 2.35 bits per heavy atom. The molecule has 0 aromatic heterocycles. The van der Waals surface area contributed by atoms with Crippen LogP contribution in [-0.2, 0) is 14.3 Å². The van der Waals surface area contributed by atoms with Crippen molar-refractivity contribution in [2.45, 2.75) is 37.6 Å². The second-order valence-corrected chi connectivity index (χ2v) is 4.18. The molecule has 100 valence electrons. The van der Waals surface area contributed by atoms with Gasteiger partial charge in [-0.3, -0.25) is 4.79 Å². The summed E-state index contributed by atoms with van der Waals surface area (Å²) in [7, 11) is 3.15. The third-order valence-corrected chi connectivity index (χ3v) is 3.01. The van der Waals surface area contributed by atoms with Crippen molar-refractivity contribution >= 4 is 24.3 Å². The van der Waals surface area contributed by atoms with Crippen molar-refractivity contribution in [1.29, 1.82) is 0 Å². The van der Waals surface area contributed by atoms with Crippen LogP contribution in [0, 0.1) is 0 Å². The van der Waals surface area contributed by atoms with Crippen LogP contribution in [0.1, 0.15) is 32.1 Å². The highest BCUT2D eigenvalue weighted by Crippen LogP contribution is 2.30. The Hall–Kier alpha value is -0.810. The van der Waals surface area contributed by atoms with Crippen LogP contribution in [0.15, 0.2) is 0 Å². The topological polar surface area (TPSA) is 67.4 Å². The highest BCUT2D eigenvalue weighted by molar-refractivity contribution is 5.88. The molecule has 17 heavy (non-hydrogen) atoms. The summed E-state index contributed by atoms with van der Waals surface area (Å²) in [5, 5.41) is 5.73. The molecule has 0 aliphatic heterocycles. The Labute approximate surface area is 108 Å². The molecule has 1 saturated carbocycles. The Morgan fingerprint density at radius 1 is 1.29 bits per heavy atom. The highest BCUT2D eigenvalue weighted by atomic mass is 35.5. The molecule has 1 aliphatic rings. The SMILES string of the molecule is CNCCC(=O)NC1(C(=O)OC)CCCC1.Cl. The minimum atomic E-state index is -0.764. The van der Waals surface area contributed by atoms with Gasteiger partial charge < -0.3 is 15.4 Å². The van der Waals surface area contributed by atoms with Crippen LogP contribution in [-0.4, -0.2) is 38.1 Å². The molecule has 1 rings (SSSR count). The molecule has 0 heterocycles. The Balaban J connectivity index is 0.00000256. The molecule has 0 spiro atoms. The van der Waals surface area contributed by atoms with Gasteiger partial charge in [-0.25, -0.2) is 4.79 Å². The lowest BCUT2D eigenvalue weighted by Gasteiger charge is -2.27. The first-order valence-electron chi connectivity index (χ1n) is 5.68. The first-order chi connectivity index (χ1) is 7.64. The Bertz CT molecular complexity index is 265. The second kappa shape index (κ2) is 7.50. The summed E-state index contributed by atoms with van der Waals surface area (Å²) in [4.78, 5) is 23.3. The smallest absolute Gasteiger partial charge is 0.331 e. The van der Waals surface area contributed by atoms with Gasteiger partial charge in [0.2, 0.25) is 5.91 Å². The van der Waals surface area contributed by atoms with Crippen molar-refractivity contribution in [2.24, 2.45) is 0 Å². The second-order valence-electron chi connectivity index (χ2n) is 4.18. The van der Waals surface area contributed by atoms with Gasteiger partial charge in [0.25, 0.3) is 0 Å². The van der Waals surface area contributed by atoms with Crippen LogP contribution < -0.4 is 10.6 Å². The molecule has 5 nitrogen and oxygen atoms in total. The fourth-order valence-electron chi connectivity index (χ4n) is 2.12. The molecular formula is C11H21ClN2O3. The molecular weight excluding hydrogens is 244 g/mol. The molecule has 0 saturated heterocycles. The van der Waals surface area contributed by atoms with Crippen molar-refractivity contribution in [1.82, 2.24) is 10.6 Å². The summed E-state index contributed by atoms with van der Waals surface area (Å²) >= 11 is 0. The van der Waals surface area contributed by atoms with E-state index in [0.29, 0.717) is 25.8 Å². The normalized spacial score (nSPS) is 17.1. The number of carbonyl (C=O) groups is 2. The third kappa shape index (κ3) is 4.16. The van der Waals surface area contributed by atoms with Crippen LogP contribution >= 0.6 is 12.4 Å². The maximum absolute atomic E-state index is 11.7. The number of amides is 1. The van der Waals surface area contributed by atoms with Crippen LogP contribution in [0.5, 0.6) is 0 Å². The predicted octanol–water partition coefficient (Wildman–Crippen LogP) is 0.620. The number of nitrogens with one attached hydrogen (secondary N) is 2. The number of esters is 1. The molecule has 1 amide bonds. The number of ether oxygens (including phenoxy) is 1. The largest absolute Gasteiger partial charge is 0.467 e. The van der Waals surface area contributed by atoms with E-state index < -0.39 is 5.54 Å². The molecule has 0 radical (unpaired) electrons. The molecule has 6 heteroatoms. The van der Waals surface area contributed by atoms with Gasteiger partial charge in [-0.1, -0.05) is 12.8 Å². The van der Waals surface area contributed by atoms with Gasteiger partial charge in [-0.2, -0.15) is 0 Å². The predicted molar refractivity (Wildman–Crippen MR) is 67.1 cm³/mol. The first kappa shape index (κ1) is 16.2. The van der Waals surface area contributed by atoms with Crippen molar-refractivity contribution < 1.29 is 14.3 Å². The van der Waals surface area contributed by atoms with Crippen LogP contribution in [0.25, 0.3) is 0 Å². The Morgan fingerprint density at radius 2 is 1.88 bits per heavy atom. The summed E-state index contributed by atoms with van der Waals surface area (Å²) in [6.07, 6.45) is 3.67. The molecule has 0 bridgehead atoms. The zero-order valence-electron chi connectivity index (χ0n) is 10.4. The number of rotatable bonds is 5. The lowest BCUT2D eigenvalue weighted by Crippen LogP contribution is -2.53. The minimum Gasteiger partial charge on any atom is -0.467 e. The Kier molecular flexibility index (Phi) is 7.15. The molecule has 0 atom stereocenters. The number of methoxy groups -OCH3 is 1. The van der Waals surface area contributed by atoms with Crippen molar-refractivity contribution in [3.8, 4) is 0 Å². The third-order valence-electron chi connectivity index (χ3n) is 3.01. The van der Waals surface area contributed by atoms with E-state index in [4.69, 9.17) is 4.74 Å². The monoisotopic (exact) mass is 264 g/mol. The fourth-order valence-corrected chi connectivity index (χ4v) is 2.12. The standard InChI is InChI=1S/C11H20N2O3.ClH/c1-12-8-5-9(14)13-11(10(15)16-2)6-3-4-7-11;/h12H,3-8H2,1-2H3,(H,13,14);1H. The van der Waals surface area contributed by atoms with Gasteiger partial charge in [-0.15, -0.1) is 12.4 Å². The zero-order valence-corrected chi connectivity index (χ0v) is 11.2. The van der Waals surface area contributed by atoms with E-state index in [1.165, 1.54) is 7.11 Å². The molecule has 1 fully saturated rings. The van der Waals surface area contributed by atoms with E-state index in [1.54, 1.807) is 7.05 Å². The maximum Gasteiger partial charge on any atom is 0.331 e. The number of hydrogen-bond donors (Lipinski definition) is 2. The van der Waals surface area contributed by atoms with E-state index >= 15 is 0 Å². The molecule has 1 aliphatic carbocycles. The molecule has 2 N–H and O–H groups in total. The number of halogens is 1. The fraction of sp³-hybridized carbons (Fsp3) is 0.818. The summed E-state index contributed by atoms with van der Waals surface area (Å²) in [6, 6.07) is 0. The maximum atomic E-state index is 11.7. The van der Waals surface area contributed by atoms with Gasteiger partial charge >= 0.3 is 5.97 Å². The van der Waals surface area contributed by atoms with Gasteiger partial charge in [-0.05, 0) is 19.9 Å². The molecule has 0 unspecified atom stereocenters. The minimum absolute atomic E-state index is 0. The lowest BCUT2D eigenvalue weighted by molar-refractivity contribution is -0.150. The zero-order chi connectivity index (χ0) is 12.0. The van der Waals surface area contributed by atoms with Gasteiger partial charge in [0, 0.05) is 13.0 Å². The molecule has 0 aromatic carbocycles.